The number of benzene rings is 2. The second-order valence-electron chi connectivity index (χ2n) is 8.50. The first kappa shape index (κ1) is 22.8. The molecular weight excluding hydrogens is 410 g/mol. The van der Waals surface area contributed by atoms with Crippen LogP contribution < -0.4 is 5.32 Å². The Morgan fingerprint density at radius 2 is 1.58 bits per heavy atom. The highest BCUT2D eigenvalue weighted by atomic mass is 16.2. The molecule has 33 heavy (non-hydrogen) atoms. The average molecular weight is 444 g/mol. The van der Waals surface area contributed by atoms with Crippen molar-refractivity contribution >= 4 is 33.6 Å². The average Bonchev–Trinajstić information content (AvgIpc) is 3.50. The minimum absolute atomic E-state index is 0.205. The Labute approximate surface area is 195 Å². The lowest BCUT2D eigenvalue weighted by atomic mass is 9.83. The molecule has 0 radical (unpaired) electrons. The summed E-state index contributed by atoms with van der Waals surface area (Å²) in [5.74, 6) is -1.45. The number of amides is 2. The molecule has 5 heteroatoms. The molecule has 2 aliphatic heterocycles. The lowest BCUT2D eigenvalue weighted by Crippen LogP contribution is -2.21. The summed E-state index contributed by atoms with van der Waals surface area (Å²) in [5.41, 5.74) is 5.36. The number of hydrogen-bond acceptors (Lipinski definition) is 2. The number of fused-ring (bicyclic) bond motifs is 1. The molecule has 0 saturated carbocycles. The van der Waals surface area contributed by atoms with E-state index in [4.69, 9.17) is 0 Å². The summed E-state index contributed by atoms with van der Waals surface area (Å²) in [4.78, 5) is 29.0. The van der Waals surface area contributed by atoms with Gasteiger partial charge in [-0.3, -0.25) is 14.9 Å². The van der Waals surface area contributed by atoms with Gasteiger partial charge in [0.05, 0.1) is 17.4 Å². The number of carbonyl (C=O) groups is 2. The van der Waals surface area contributed by atoms with Gasteiger partial charge in [0, 0.05) is 35.2 Å². The number of rotatable bonds is 2. The normalized spacial score (nSPS) is 19.0. The summed E-state index contributed by atoms with van der Waals surface area (Å²) in [6, 6.07) is 14.2. The number of hydrogen-bond donors (Lipinski definition) is 2. The third kappa shape index (κ3) is 3.86. The van der Waals surface area contributed by atoms with Gasteiger partial charge in [-0.1, -0.05) is 70.5 Å². The number of aromatic amines is 1. The van der Waals surface area contributed by atoms with Crippen molar-refractivity contribution < 1.29 is 9.59 Å². The maximum atomic E-state index is 12.9. The molecule has 2 amide bonds. The summed E-state index contributed by atoms with van der Waals surface area (Å²) in [6.07, 6.45) is 7.38. The van der Waals surface area contributed by atoms with Crippen LogP contribution in [0.25, 0.3) is 21.8 Å². The van der Waals surface area contributed by atoms with Gasteiger partial charge >= 0.3 is 0 Å². The number of imide groups is 1. The van der Waals surface area contributed by atoms with E-state index in [2.05, 4.69) is 53.1 Å². The number of aromatic nitrogens is 2. The predicted octanol–water partition coefficient (Wildman–Crippen LogP) is 6.04. The number of nitrogens with zero attached hydrogens (tertiary/aromatic N) is 1. The Morgan fingerprint density at radius 1 is 0.909 bits per heavy atom. The molecule has 2 aromatic carbocycles. The van der Waals surface area contributed by atoms with Crippen molar-refractivity contribution in [1.29, 1.82) is 0 Å². The molecule has 4 heterocycles. The van der Waals surface area contributed by atoms with Crippen LogP contribution in [0.1, 0.15) is 69.1 Å². The molecule has 6 rings (SSSR count). The summed E-state index contributed by atoms with van der Waals surface area (Å²) in [7, 11) is 0. The van der Waals surface area contributed by atoms with Crippen LogP contribution in [-0.2, 0) is 22.6 Å². The Morgan fingerprint density at radius 3 is 2.33 bits per heavy atom. The molecule has 0 spiro atoms. The molecule has 5 nitrogen and oxygen atoms in total. The van der Waals surface area contributed by atoms with Crippen LogP contribution in [0.2, 0.25) is 0 Å². The van der Waals surface area contributed by atoms with Gasteiger partial charge in [0.15, 0.2) is 0 Å². The Balaban J connectivity index is 0.000000482. The maximum absolute atomic E-state index is 12.9. The molecule has 0 aliphatic carbocycles. The smallest absolute Gasteiger partial charge is 0.235 e. The number of para-hydroxylation sites is 2. The SMILES string of the molecule is CC.CCC.O=C1NC(=O)[C@H](c2cn3c4c(cccc24)CCC3)C1c1c[nH]c2ccccc12. The quantitative estimate of drug-likeness (QED) is 0.371. The topological polar surface area (TPSA) is 66.9 Å². The van der Waals surface area contributed by atoms with Gasteiger partial charge in [0.25, 0.3) is 0 Å². The number of H-pyrrole nitrogens is 1. The first-order chi connectivity index (χ1) is 16.1. The zero-order valence-corrected chi connectivity index (χ0v) is 19.9. The van der Waals surface area contributed by atoms with Gasteiger partial charge in [-0.2, -0.15) is 0 Å². The molecular formula is C28H33N3O2. The standard InChI is InChI=1S/C23H19N3O2.C3H8.C2H6/c27-22-19(16-11-24-18-9-2-1-7-14(16)18)20(23(28)25-22)17-12-26-10-4-6-13-5-3-8-15(17)21(13)26;1-3-2;1-2/h1-3,5,7-9,11-12,19-20,24H,4,6,10H2,(H,25,27,28);3H2,1-2H3;1-2H3/t19?,20-;;/m1../s1. The van der Waals surface area contributed by atoms with Gasteiger partial charge < -0.3 is 9.55 Å². The van der Waals surface area contributed by atoms with E-state index in [-0.39, 0.29) is 11.8 Å². The van der Waals surface area contributed by atoms with E-state index in [0.717, 1.165) is 46.8 Å². The van der Waals surface area contributed by atoms with Gasteiger partial charge in [-0.25, -0.2) is 0 Å². The largest absolute Gasteiger partial charge is 0.361 e. The van der Waals surface area contributed by atoms with Crippen molar-refractivity contribution in [1.82, 2.24) is 14.9 Å². The van der Waals surface area contributed by atoms with E-state index < -0.39 is 11.8 Å². The summed E-state index contributed by atoms with van der Waals surface area (Å²) >= 11 is 0. The van der Waals surface area contributed by atoms with E-state index in [1.54, 1.807) is 0 Å². The highest BCUT2D eigenvalue weighted by Gasteiger charge is 2.45. The zero-order chi connectivity index (χ0) is 23.5. The molecule has 0 bridgehead atoms. The predicted molar refractivity (Wildman–Crippen MR) is 135 cm³/mol. The van der Waals surface area contributed by atoms with Crippen LogP contribution in [0.3, 0.4) is 0 Å². The highest BCUT2D eigenvalue weighted by Crippen LogP contribution is 2.44. The molecule has 2 aliphatic rings. The third-order valence-corrected chi connectivity index (χ3v) is 6.29. The second kappa shape index (κ2) is 9.65. The van der Waals surface area contributed by atoms with E-state index in [0.29, 0.717) is 0 Å². The fourth-order valence-electron chi connectivity index (χ4n) is 5.10. The van der Waals surface area contributed by atoms with E-state index in [1.807, 2.05) is 44.3 Å². The summed E-state index contributed by atoms with van der Waals surface area (Å²) in [5, 5.41) is 4.68. The van der Waals surface area contributed by atoms with Crippen molar-refractivity contribution in [3.63, 3.8) is 0 Å². The first-order valence-corrected chi connectivity index (χ1v) is 12.1. The maximum Gasteiger partial charge on any atom is 0.235 e. The Bertz CT molecular complexity index is 1300. The van der Waals surface area contributed by atoms with Gasteiger partial charge in [0.1, 0.15) is 0 Å². The number of aryl methyl sites for hydroxylation is 2. The summed E-state index contributed by atoms with van der Waals surface area (Å²) < 4.78 is 2.26. The van der Waals surface area contributed by atoms with Crippen LogP contribution in [0, 0.1) is 0 Å². The Kier molecular flexibility index (Phi) is 6.68. The van der Waals surface area contributed by atoms with Crippen molar-refractivity contribution in [3.8, 4) is 0 Å². The number of nitrogens with one attached hydrogen (secondary N) is 2. The van der Waals surface area contributed by atoms with E-state index >= 15 is 0 Å². The number of carbonyl (C=O) groups excluding carboxylic acids is 2. The third-order valence-electron chi connectivity index (χ3n) is 6.29. The molecule has 1 saturated heterocycles. The van der Waals surface area contributed by atoms with Gasteiger partial charge in [-0.15, -0.1) is 0 Å². The van der Waals surface area contributed by atoms with Crippen LogP contribution in [0.5, 0.6) is 0 Å². The highest BCUT2D eigenvalue weighted by molar-refractivity contribution is 6.13. The fraction of sp³-hybridized carbons (Fsp3) is 0.357. The second-order valence-corrected chi connectivity index (χ2v) is 8.50. The lowest BCUT2D eigenvalue weighted by molar-refractivity contribution is -0.125. The van der Waals surface area contributed by atoms with Crippen LogP contribution >= 0.6 is 0 Å². The van der Waals surface area contributed by atoms with E-state index in [9.17, 15) is 9.59 Å². The van der Waals surface area contributed by atoms with E-state index in [1.165, 1.54) is 17.5 Å². The monoisotopic (exact) mass is 443 g/mol. The molecule has 2 aromatic heterocycles. The van der Waals surface area contributed by atoms with Crippen molar-refractivity contribution in [3.05, 3.63) is 71.5 Å². The lowest BCUT2D eigenvalue weighted by Gasteiger charge is -2.15. The van der Waals surface area contributed by atoms with Gasteiger partial charge in [0.2, 0.25) is 11.8 Å². The molecule has 2 atom stereocenters. The van der Waals surface area contributed by atoms with Crippen LogP contribution in [-0.4, -0.2) is 21.4 Å². The van der Waals surface area contributed by atoms with Crippen molar-refractivity contribution in [2.45, 2.75) is 65.3 Å². The molecule has 1 unspecified atom stereocenters. The van der Waals surface area contributed by atoms with Crippen molar-refractivity contribution in [2.75, 3.05) is 0 Å². The van der Waals surface area contributed by atoms with Crippen LogP contribution in [0.4, 0.5) is 0 Å². The fourth-order valence-corrected chi connectivity index (χ4v) is 5.10. The molecule has 4 aromatic rings. The minimum atomic E-state index is -0.521. The molecule has 2 N–H and O–H groups in total. The van der Waals surface area contributed by atoms with Crippen molar-refractivity contribution in [2.24, 2.45) is 0 Å². The van der Waals surface area contributed by atoms with Crippen LogP contribution in [0.15, 0.2) is 54.9 Å². The Hall–Kier alpha value is -3.34. The molecule has 172 valence electrons. The minimum Gasteiger partial charge on any atom is -0.361 e. The first-order valence-electron chi connectivity index (χ1n) is 12.1. The zero-order valence-electron chi connectivity index (χ0n) is 19.9. The molecule has 1 fully saturated rings. The summed E-state index contributed by atoms with van der Waals surface area (Å²) in [6.45, 7) is 9.20. The van der Waals surface area contributed by atoms with Gasteiger partial charge in [-0.05, 0) is 35.6 Å².